The van der Waals surface area contributed by atoms with Gasteiger partial charge in [-0.3, -0.25) is 13.9 Å². The maximum absolute atomic E-state index is 14.0. The van der Waals surface area contributed by atoms with E-state index in [1.807, 2.05) is 0 Å². The van der Waals surface area contributed by atoms with Crippen molar-refractivity contribution in [1.82, 2.24) is 10.2 Å². The molecule has 0 fully saturated rings. The Morgan fingerprint density at radius 2 is 1.56 bits per heavy atom. The molecule has 0 aromatic heterocycles. The van der Waals surface area contributed by atoms with Gasteiger partial charge in [-0.1, -0.05) is 65.7 Å². The lowest BCUT2D eigenvalue weighted by molar-refractivity contribution is -0.140. The average molecular weight is 631 g/mol. The standard InChI is InChI=1S/C28H28Cl2F3N3O4S/c1-3-34-27(38)25(15-19-9-5-4-6-10-19)35(17-22-23(29)13-8-14-24(22)30)26(37)18-36(41(2,39)40)21-12-7-11-20(16-21)28(31,32)33/h4-14,16,25H,3,15,17-18H2,1-2H3,(H,34,38). The van der Waals surface area contributed by atoms with E-state index in [1.54, 1.807) is 55.5 Å². The van der Waals surface area contributed by atoms with Crippen molar-refractivity contribution < 1.29 is 31.2 Å². The van der Waals surface area contributed by atoms with Crippen LogP contribution in [0.2, 0.25) is 10.0 Å². The molecule has 0 radical (unpaired) electrons. The quantitative estimate of drug-likeness (QED) is 0.301. The predicted octanol–water partition coefficient (Wildman–Crippen LogP) is 5.55. The lowest BCUT2D eigenvalue weighted by atomic mass is 10.0. The van der Waals surface area contributed by atoms with E-state index < -0.39 is 46.2 Å². The van der Waals surface area contributed by atoms with E-state index in [2.05, 4.69) is 5.32 Å². The number of carbonyl (C=O) groups excluding carboxylic acids is 2. The number of hydrogen-bond donors (Lipinski definition) is 1. The molecule has 1 atom stereocenters. The SMILES string of the molecule is CCNC(=O)C(Cc1ccccc1)N(Cc1c(Cl)cccc1Cl)C(=O)CN(c1cccc(C(F)(F)F)c1)S(C)(=O)=O. The first-order valence-corrected chi connectivity index (χ1v) is 15.0. The van der Waals surface area contributed by atoms with Crippen molar-refractivity contribution >= 4 is 50.7 Å². The molecule has 7 nitrogen and oxygen atoms in total. The molecule has 1 N–H and O–H groups in total. The first-order valence-electron chi connectivity index (χ1n) is 12.4. The summed E-state index contributed by atoms with van der Waals surface area (Å²) in [5, 5.41) is 3.12. The summed E-state index contributed by atoms with van der Waals surface area (Å²) < 4.78 is 66.3. The van der Waals surface area contributed by atoms with Crippen molar-refractivity contribution in [2.45, 2.75) is 32.1 Å². The van der Waals surface area contributed by atoms with Crippen molar-refractivity contribution in [3.63, 3.8) is 0 Å². The van der Waals surface area contributed by atoms with Crippen molar-refractivity contribution in [3.8, 4) is 0 Å². The van der Waals surface area contributed by atoms with Crippen molar-refractivity contribution in [2.75, 3.05) is 23.7 Å². The van der Waals surface area contributed by atoms with E-state index in [1.165, 1.54) is 0 Å². The summed E-state index contributed by atoms with van der Waals surface area (Å²) in [7, 11) is -4.25. The zero-order chi connectivity index (χ0) is 30.4. The van der Waals surface area contributed by atoms with Crippen LogP contribution in [-0.2, 0) is 38.8 Å². The van der Waals surface area contributed by atoms with Gasteiger partial charge in [-0.25, -0.2) is 8.42 Å². The van der Waals surface area contributed by atoms with E-state index in [9.17, 15) is 31.2 Å². The Kier molecular flexibility index (Phi) is 10.7. The fourth-order valence-electron chi connectivity index (χ4n) is 4.15. The fourth-order valence-corrected chi connectivity index (χ4v) is 5.51. The number of nitrogens with zero attached hydrogens (tertiary/aromatic N) is 2. The first-order chi connectivity index (χ1) is 19.2. The van der Waals surface area contributed by atoms with E-state index in [0.29, 0.717) is 21.5 Å². The molecule has 3 aromatic rings. The van der Waals surface area contributed by atoms with Gasteiger partial charge >= 0.3 is 6.18 Å². The van der Waals surface area contributed by atoms with Crippen LogP contribution in [0.1, 0.15) is 23.6 Å². The Hall–Kier alpha value is -3.28. The number of sulfonamides is 1. The number of carbonyl (C=O) groups is 2. The molecule has 13 heteroatoms. The van der Waals surface area contributed by atoms with Gasteiger partial charge in [0.15, 0.2) is 0 Å². The molecular weight excluding hydrogens is 602 g/mol. The summed E-state index contributed by atoms with van der Waals surface area (Å²) >= 11 is 12.8. The highest BCUT2D eigenvalue weighted by Gasteiger charge is 2.35. The number of likely N-dealkylation sites (N-methyl/N-ethyl adjacent to an activating group) is 1. The van der Waals surface area contributed by atoms with Crippen molar-refractivity contribution in [2.24, 2.45) is 0 Å². The van der Waals surface area contributed by atoms with Crippen LogP contribution in [0.5, 0.6) is 0 Å². The molecule has 0 saturated heterocycles. The Morgan fingerprint density at radius 1 is 0.951 bits per heavy atom. The molecular formula is C28H28Cl2F3N3O4S. The van der Waals surface area contributed by atoms with Gasteiger partial charge in [0.2, 0.25) is 21.8 Å². The van der Waals surface area contributed by atoms with E-state index in [4.69, 9.17) is 23.2 Å². The molecule has 3 rings (SSSR count). The first kappa shape index (κ1) is 32.2. The zero-order valence-corrected chi connectivity index (χ0v) is 24.5. The second-order valence-corrected chi connectivity index (χ2v) is 11.9. The van der Waals surface area contributed by atoms with E-state index in [0.717, 1.165) is 29.4 Å². The van der Waals surface area contributed by atoms with Gasteiger partial charge in [-0.2, -0.15) is 13.2 Å². The largest absolute Gasteiger partial charge is 0.416 e. The number of alkyl halides is 3. The smallest absolute Gasteiger partial charge is 0.355 e. The van der Waals surface area contributed by atoms with Crippen LogP contribution >= 0.6 is 23.2 Å². The number of halogens is 5. The van der Waals surface area contributed by atoms with E-state index in [-0.39, 0.29) is 35.2 Å². The van der Waals surface area contributed by atoms with Gasteiger partial charge in [0.25, 0.3) is 0 Å². The maximum Gasteiger partial charge on any atom is 0.416 e. The average Bonchev–Trinajstić information content (AvgIpc) is 2.90. The van der Waals surface area contributed by atoms with Gasteiger partial charge < -0.3 is 10.2 Å². The number of benzene rings is 3. The molecule has 0 aliphatic heterocycles. The third kappa shape index (κ3) is 8.61. The molecule has 0 saturated carbocycles. The minimum atomic E-state index is -4.74. The third-order valence-corrected chi connectivity index (χ3v) is 8.00. The minimum Gasteiger partial charge on any atom is -0.355 e. The predicted molar refractivity (Wildman–Crippen MR) is 153 cm³/mol. The molecule has 220 valence electrons. The van der Waals surface area contributed by atoms with Gasteiger partial charge in [0.05, 0.1) is 17.5 Å². The highest BCUT2D eigenvalue weighted by molar-refractivity contribution is 7.92. The van der Waals surface area contributed by atoms with Crippen molar-refractivity contribution in [3.05, 3.63) is 99.5 Å². The Balaban J connectivity index is 2.11. The number of nitrogens with one attached hydrogen (secondary N) is 1. The van der Waals surface area contributed by atoms with Crippen LogP contribution in [0.15, 0.2) is 72.8 Å². The summed E-state index contributed by atoms with van der Waals surface area (Å²) in [6, 6.07) is 16.1. The summed E-state index contributed by atoms with van der Waals surface area (Å²) in [6.45, 7) is 0.797. The van der Waals surface area contributed by atoms with Crippen LogP contribution < -0.4 is 9.62 Å². The summed E-state index contributed by atoms with van der Waals surface area (Å²) in [4.78, 5) is 28.4. The lowest BCUT2D eigenvalue weighted by Gasteiger charge is -2.34. The number of anilines is 1. The molecule has 0 heterocycles. The van der Waals surface area contributed by atoms with Gasteiger partial charge in [-0.05, 0) is 42.8 Å². The van der Waals surface area contributed by atoms with Crippen LogP contribution in [0.4, 0.5) is 18.9 Å². The zero-order valence-electron chi connectivity index (χ0n) is 22.2. The van der Waals surface area contributed by atoms with E-state index >= 15 is 0 Å². The molecule has 41 heavy (non-hydrogen) atoms. The second-order valence-electron chi connectivity index (χ2n) is 9.14. The fraction of sp³-hybridized carbons (Fsp3) is 0.286. The summed E-state index contributed by atoms with van der Waals surface area (Å²) in [5.41, 5.74) is -0.412. The number of rotatable bonds is 11. The molecule has 0 spiro atoms. The minimum absolute atomic E-state index is 0.0585. The molecule has 0 bridgehead atoms. The molecule has 0 aliphatic rings. The topological polar surface area (TPSA) is 86.8 Å². The van der Waals surface area contributed by atoms with Crippen LogP contribution in [-0.4, -0.2) is 50.5 Å². The third-order valence-electron chi connectivity index (χ3n) is 6.15. The van der Waals surface area contributed by atoms with Gasteiger partial charge in [0, 0.05) is 35.1 Å². The molecule has 1 unspecified atom stereocenters. The van der Waals surface area contributed by atoms with Crippen LogP contribution in [0, 0.1) is 0 Å². The monoisotopic (exact) mass is 629 g/mol. The Bertz CT molecular complexity index is 1470. The number of amides is 2. The Labute approximate surface area is 246 Å². The summed E-state index contributed by atoms with van der Waals surface area (Å²) in [5.74, 6) is -1.37. The lowest BCUT2D eigenvalue weighted by Crippen LogP contribution is -2.53. The van der Waals surface area contributed by atoms with Crippen LogP contribution in [0.25, 0.3) is 0 Å². The molecule has 0 aliphatic carbocycles. The highest BCUT2D eigenvalue weighted by Crippen LogP contribution is 2.33. The Morgan fingerprint density at radius 3 is 2.12 bits per heavy atom. The number of hydrogen-bond acceptors (Lipinski definition) is 4. The summed E-state index contributed by atoms with van der Waals surface area (Å²) in [6.07, 6.45) is -3.90. The van der Waals surface area contributed by atoms with Crippen LogP contribution in [0.3, 0.4) is 0 Å². The maximum atomic E-state index is 14.0. The normalized spacial score (nSPS) is 12.5. The molecule has 3 aromatic carbocycles. The van der Waals surface area contributed by atoms with Gasteiger partial charge in [-0.15, -0.1) is 0 Å². The van der Waals surface area contributed by atoms with Crippen molar-refractivity contribution in [1.29, 1.82) is 0 Å². The van der Waals surface area contributed by atoms with Gasteiger partial charge in [0.1, 0.15) is 12.6 Å². The molecule has 2 amide bonds. The second kappa shape index (κ2) is 13.6. The highest BCUT2D eigenvalue weighted by atomic mass is 35.5.